The summed E-state index contributed by atoms with van der Waals surface area (Å²) < 4.78 is 42.6. The number of alkyl halides is 3. The van der Waals surface area contributed by atoms with E-state index in [0.29, 0.717) is 0 Å². The van der Waals surface area contributed by atoms with E-state index >= 15 is 0 Å². The summed E-state index contributed by atoms with van der Waals surface area (Å²) in [5.74, 6) is 0. The summed E-state index contributed by atoms with van der Waals surface area (Å²) in [6.45, 7) is 3.44. The van der Waals surface area contributed by atoms with Gasteiger partial charge in [0, 0.05) is 38.0 Å². The van der Waals surface area contributed by atoms with Crippen molar-refractivity contribution in [3.8, 4) is 21.6 Å². The molecule has 0 aliphatic heterocycles. The number of hydrogen-bond donors (Lipinski definition) is 1. The number of aliphatic hydroxyl groups is 1. The fraction of sp³-hybridized carbons (Fsp3) is 0.222. The maximum atomic E-state index is 13.4. The summed E-state index contributed by atoms with van der Waals surface area (Å²) in [7, 11) is 0. The maximum Gasteiger partial charge on any atom is 0.423 e. The van der Waals surface area contributed by atoms with Gasteiger partial charge in [0.2, 0.25) is 5.60 Å². The van der Waals surface area contributed by atoms with E-state index in [9.17, 15) is 18.3 Å². The smallest absolute Gasteiger partial charge is 0.375 e. The monoisotopic (exact) mass is 508 g/mol. The van der Waals surface area contributed by atoms with Gasteiger partial charge in [-0.25, -0.2) is 4.68 Å². The Labute approximate surface area is 209 Å². The van der Waals surface area contributed by atoms with E-state index in [1.165, 1.54) is 11.6 Å². The highest BCUT2D eigenvalue weighted by Gasteiger charge is 2.55. The van der Waals surface area contributed by atoms with Crippen LogP contribution in [0.3, 0.4) is 0 Å². The zero-order chi connectivity index (χ0) is 25.5. The third-order valence-electron chi connectivity index (χ3n) is 6.28. The second kappa shape index (κ2) is 9.15. The number of nitrogens with zero attached hydrogens (tertiary/aromatic N) is 4. The molecule has 3 heterocycles. The van der Waals surface area contributed by atoms with Crippen LogP contribution in [0, 0.1) is 6.92 Å². The molecule has 2 aromatic carbocycles. The lowest BCUT2D eigenvalue weighted by Crippen LogP contribution is -2.42. The number of hydrogen-bond acceptors (Lipinski definition) is 5. The van der Waals surface area contributed by atoms with Gasteiger partial charge in [-0.1, -0.05) is 60.7 Å². The summed E-state index contributed by atoms with van der Waals surface area (Å²) in [4.78, 5) is 5.57. The van der Waals surface area contributed by atoms with E-state index in [0.717, 1.165) is 49.1 Å². The summed E-state index contributed by atoms with van der Waals surface area (Å²) in [5, 5.41) is 18.7. The molecule has 5 aromatic rings. The van der Waals surface area contributed by atoms with Crippen LogP contribution in [0.15, 0.2) is 73.1 Å². The zero-order valence-corrected chi connectivity index (χ0v) is 20.4. The summed E-state index contributed by atoms with van der Waals surface area (Å²) in [6, 6.07) is 20.2. The number of aromatic nitrogens is 4. The minimum absolute atomic E-state index is 0.223. The van der Waals surface area contributed by atoms with Crippen molar-refractivity contribution in [3.63, 3.8) is 0 Å². The fourth-order valence-corrected chi connectivity index (χ4v) is 5.49. The van der Waals surface area contributed by atoms with Crippen LogP contribution in [-0.4, -0.2) is 31.3 Å². The lowest BCUT2D eigenvalue weighted by Gasteiger charge is -2.26. The maximum absolute atomic E-state index is 13.4. The predicted molar refractivity (Wildman–Crippen MR) is 135 cm³/mol. The molecular formula is C27H23F3N4OS. The number of halogens is 3. The minimum Gasteiger partial charge on any atom is -0.375 e. The van der Waals surface area contributed by atoms with Crippen molar-refractivity contribution in [1.29, 1.82) is 0 Å². The molecule has 0 fully saturated rings. The standard InChI is InChI=1S/C27H23F3N4OS/c1-3-26(35,27(28,29)30)23-16-34(33-32-23)15-18-10-12-21-22(13-18)36-25(20-11-9-17(2)31-14-20)24(21)19-7-5-4-6-8-19/h4-14,16,35H,3,15H2,1-2H3. The van der Waals surface area contributed by atoms with Crippen molar-refractivity contribution in [2.24, 2.45) is 0 Å². The first kappa shape index (κ1) is 24.1. The van der Waals surface area contributed by atoms with Crippen molar-refractivity contribution >= 4 is 21.4 Å². The molecule has 3 aromatic heterocycles. The van der Waals surface area contributed by atoms with Crippen molar-refractivity contribution in [2.45, 2.75) is 38.6 Å². The molecule has 0 radical (unpaired) electrons. The molecule has 1 atom stereocenters. The molecule has 0 spiro atoms. The van der Waals surface area contributed by atoms with Crippen LogP contribution in [0.25, 0.3) is 31.7 Å². The highest BCUT2D eigenvalue weighted by molar-refractivity contribution is 7.23. The normalized spacial score (nSPS) is 13.7. The van der Waals surface area contributed by atoms with Crippen LogP contribution in [0.4, 0.5) is 13.2 Å². The predicted octanol–water partition coefficient (Wildman–Crippen LogP) is 6.74. The Balaban J connectivity index is 1.54. The lowest BCUT2D eigenvalue weighted by atomic mass is 9.96. The molecule has 36 heavy (non-hydrogen) atoms. The first-order chi connectivity index (χ1) is 17.2. The zero-order valence-electron chi connectivity index (χ0n) is 19.6. The molecule has 0 amide bonds. The van der Waals surface area contributed by atoms with E-state index in [1.54, 1.807) is 11.3 Å². The lowest BCUT2D eigenvalue weighted by molar-refractivity contribution is -0.269. The molecule has 1 unspecified atom stereocenters. The van der Waals surface area contributed by atoms with Gasteiger partial charge in [0.1, 0.15) is 5.69 Å². The SMILES string of the molecule is CCC(O)(c1cn(Cc2ccc3c(-c4ccccc4)c(-c4ccc(C)nc4)sc3c2)nn1)C(F)(F)F. The first-order valence-electron chi connectivity index (χ1n) is 11.4. The van der Waals surface area contributed by atoms with E-state index in [-0.39, 0.29) is 6.54 Å². The largest absolute Gasteiger partial charge is 0.423 e. The summed E-state index contributed by atoms with van der Waals surface area (Å²) in [5.41, 5.74) is 1.51. The third-order valence-corrected chi connectivity index (χ3v) is 7.48. The Kier molecular flexibility index (Phi) is 6.13. The van der Waals surface area contributed by atoms with Crippen LogP contribution in [0.5, 0.6) is 0 Å². The van der Waals surface area contributed by atoms with E-state index in [2.05, 4.69) is 33.5 Å². The topological polar surface area (TPSA) is 63.8 Å². The van der Waals surface area contributed by atoms with Crippen molar-refractivity contribution in [3.05, 3.63) is 90.0 Å². The molecule has 0 aliphatic rings. The van der Waals surface area contributed by atoms with Crippen LogP contribution in [0.1, 0.15) is 30.3 Å². The van der Waals surface area contributed by atoms with E-state index in [1.807, 2.05) is 55.6 Å². The van der Waals surface area contributed by atoms with Gasteiger partial charge < -0.3 is 5.11 Å². The van der Waals surface area contributed by atoms with E-state index < -0.39 is 23.9 Å². The van der Waals surface area contributed by atoms with Gasteiger partial charge in [-0.3, -0.25) is 4.98 Å². The van der Waals surface area contributed by atoms with Crippen LogP contribution >= 0.6 is 11.3 Å². The Morgan fingerprint density at radius 1 is 1.00 bits per heavy atom. The molecule has 0 bridgehead atoms. The van der Waals surface area contributed by atoms with Gasteiger partial charge in [-0.2, -0.15) is 13.2 Å². The average Bonchev–Trinajstić information content (AvgIpc) is 3.48. The Morgan fingerprint density at radius 2 is 1.78 bits per heavy atom. The van der Waals surface area contributed by atoms with Gasteiger partial charge in [0.05, 0.1) is 12.7 Å². The van der Waals surface area contributed by atoms with Gasteiger partial charge in [0.15, 0.2) is 0 Å². The molecule has 0 aliphatic carbocycles. The Morgan fingerprint density at radius 3 is 2.44 bits per heavy atom. The molecule has 9 heteroatoms. The Hall–Kier alpha value is -3.56. The van der Waals surface area contributed by atoms with Gasteiger partial charge in [-0.15, -0.1) is 16.4 Å². The number of thiophene rings is 1. The third kappa shape index (κ3) is 4.29. The number of aryl methyl sites for hydroxylation is 1. The number of pyridine rings is 1. The fourth-order valence-electron chi connectivity index (χ4n) is 4.22. The van der Waals surface area contributed by atoms with Crippen LogP contribution in [-0.2, 0) is 12.1 Å². The summed E-state index contributed by atoms with van der Waals surface area (Å²) >= 11 is 1.64. The van der Waals surface area contributed by atoms with Crippen molar-refractivity contribution in [1.82, 2.24) is 20.0 Å². The minimum atomic E-state index is -4.84. The molecule has 0 saturated carbocycles. The van der Waals surface area contributed by atoms with E-state index in [4.69, 9.17) is 0 Å². The molecule has 5 nitrogen and oxygen atoms in total. The molecule has 184 valence electrons. The first-order valence-corrected chi connectivity index (χ1v) is 12.2. The highest BCUT2D eigenvalue weighted by Crippen LogP contribution is 2.45. The Bertz CT molecular complexity index is 1510. The number of fused-ring (bicyclic) bond motifs is 1. The second-order valence-electron chi connectivity index (χ2n) is 8.70. The number of benzene rings is 2. The van der Waals surface area contributed by atoms with Gasteiger partial charge in [-0.05, 0) is 36.6 Å². The molecule has 0 saturated heterocycles. The molecular weight excluding hydrogens is 485 g/mol. The average molecular weight is 509 g/mol. The number of rotatable bonds is 6. The van der Waals surface area contributed by atoms with Crippen molar-refractivity contribution in [2.75, 3.05) is 0 Å². The highest BCUT2D eigenvalue weighted by atomic mass is 32.1. The molecule has 1 N–H and O–H groups in total. The second-order valence-corrected chi connectivity index (χ2v) is 9.76. The quantitative estimate of drug-likeness (QED) is 0.276. The van der Waals surface area contributed by atoms with Crippen LogP contribution < -0.4 is 0 Å². The van der Waals surface area contributed by atoms with Crippen molar-refractivity contribution < 1.29 is 18.3 Å². The van der Waals surface area contributed by atoms with Gasteiger partial charge >= 0.3 is 6.18 Å². The van der Waals surface area contributed by atoms with Gasteiger partial charge in [0.25, 0.3) is 0 Å². The summed E-state index contributed by atoms with van der Waals surface area (Å²) in [6.07, 6.45) is -2.35. The molecule has 5 rings (SSSR count). The van der Waals surface area contributed by atoms with Crippen LogP contribution in [0.2, 0.25) is 0 Å².